The van der Waals surface area contributed by atoms with Crippen molar-refractivity contribution in [1.82, 2.24) is 4.98 Å². The Morgan fingerprint density at radius 3 is 2.62 bits per heavy atom. The van der Waals surface area contributed by atoms with Gasteiger partial charge in [-0.05, 0) is 36.1 Å². The number of rotatable bonds is 6. The van der Waals surface area contributed by atoms with Crippen LogP contribution in [-0.4, -0.2) is 16.1 Å². The van der Waals surface area contributed by atoms with Gasteiger partial charge in [0, 0.05) is 11.8 Å². The van der Waals surface area contributed by atoms with Gasteiger partial charge in [-0.15, -0.1) is 0 Å². The fraction of sp³-hybridized carbons (Fsp3) is 0.294. The van der Waals surface area contributed by atoms with Crippen LogP contribution in [-0.2, 0) is 6.61 Å². The minimum Gasteiger partial charge on any atom is -0.489 e. The molecule has 2 rings (SSSR count). The lowest BCUT2D eigenvalue weighted by molar-refractivity contribution is 0.0687. The number of carboxylic acids is 1. The van der Waals surface area contributed by atoms with Crippen molar-refractivity contribution in [3.05, 3.63) is 59.4 Å². The van der Waals surface area contributed by atoms with Gasteiger partial charge in [-0.25, -0.2) is 9.78 Å². The lowest BCUT2D eigenvalue weighted by atomic mass is 9.99. The minimum absolute atomic E-state index is 0.0359. The zero-order chi connectivity index (χ0) is 15.2. The molecule has 1 unspecified atom stereocenters. The second-order valence-corrected chi connectivity index (χ2v) is 4.98. The summed E-state index contributed by atoms with van der Waals surface area (Å²) in [5.41, 5.74) is 1.88. The fourth-order valence-electron chi connectivity index (χ4n) is 2.04. The normalized spacial score (nSPS) is 11.9. The first-order valence-electron chi connectivity index (χ1n) is 7.01. The number of carbonyl (C=O) groups is 1. The Kier molecular flexibility index (Phi) is 4.93. The van der Waals surface area contributed by atoms with Gasteiger partial charge < -0.3 is 9.84 Å². The molecule has 1 aromatic carbocycles. The van der Waals surface area contributed by atoms with E-state index in [0.29, 0.717) is 11.5 Å². The van der Waals surface area contributed by atoms with Crippen LogP contribution < -0.4 is 4.74 Å². The predicted molar refractivity (Wildman–Crippen MR) is 80.7 cm³/mol. The van der Waals surface area contributed by atoms with Gasteiger partial charge >= 0.3 is 5.97 Å². The summed E-state index contributed by atoms with van der Waals surface area (Å²) < 4.78 is 5.65. The van der Waals surface area contributed by atoms with Crippen molar-refractivity contribution >= 4 is 5.97 Å². The lowest BCUT2D eigenvalue weighted by Crippen LogP contribution is -2.07. The molecule has 1 atom stereocenters. The highest BCUT2D eigenvalue weighted by Crippen LogP contribution is 2.22. The Balaban J connectivity index is 2.05. The van der Waals surface area contributed by atoms with Gasteiger partial charge in [-0.1, -0.05) is 32.0 Å². The number of aromatic carboxylic acids is 1. The van der Waals surface area contributed by atoms with Crippen LogP contribution in [0.15, 0.2) is 42.6 Å². The van der Waals surface area contributed by atoms with E-state index in [-0.39, 0.29) is 12.3 Å². The average molecular weight is 285 g/mol. The van der Waals surface area contributed by atoms with E-state index in [1.807, 2.05) is 24.3 Å². The number of aromatic nitrogens is 1. The Bertz CT molecular complexity index is 608. The highest BCUT2D eigenvalue weighted by atomic mass is 16.5. The van der Waals surface area contributed by atoms with E-state index in [4.69, 9.17) is 9.84 Å². The number of ether oxygens (including phenoxy) is 1. The van der Waals surface area contributed by atoms with Crippen molar-refractivity contribution in [3.8, 4) is 5.75 Å². The number of benzene rings is 1. The molecule has 0 radical (unpaired) electrons. The van der Waals surface area contributed by atoms with Crippen LogP contribution in [0.25, 0.3) is 0 Å². The van der Waals surface area contributed by atoms with Gasteiger partial charge in [0.2, 0.25) is 0 Å². The van der Waals surface area contributed by atoms with Crippen molar-refractivity contribution in [1.29, 1.82) is 0 Å². The molecule has 0 aliphatic carbocycles. The molecule has 0 saturated heterocycles. The van der Waals surface area contributed by atoms with Gasteiger partial charge in [0.05, 0.1) is 0 Å². The second kappa shape index (κ2) is 6.88. The highest BCUT2D eigenvalue weighted by Gasteiger charge is 2.11. The summed E-state index contributed by atoms with van der Waals surface area (Å²) in [5.74, 6) is 0.208. The van der Waals surface area contributed by atoms with Crippen LogP contribution in [0.4, 0.5) is 0 Å². The summed E-state index contributed by atoms with van der Waals surface area (Å²) in [6.45, 7) is 4.54. The number of hydrogen-bond acceptors (Lipinski definition) is 3. The SMILES string of the molecule is CCC(C)c1ccc(OCc2cccnc2C(=O)O)cc1. The zero-order valence-electron chi connectivity index (χ0n) is 12.2. The van der Waals surface area contributed by atoms with Crippen LogP contribution in [0, 0.1) is 0 Å². The van der Waals surface area contributed by atoms with Crippen LogP contribution in [0.5, 0.6) is 5.75 Å². The molecule has 110 valence electrons. The first-order valence-corrected chi connectivity index (χ1v) is 7.01. The van der Waals surface area contributed by atoms with Gasteiger partial charge in [0.1, 0.15) is 12.4 Å². The summed E-state index contributed by atoms with van der Waals surface area (Å²) in [6, 6.07) is 11.3. The lowest BCUT2D eigenvalue weighted by Gasteiger charge is -2.11. The highest BCUT2D eigenvalue weighted by molar-refractivity contribution is 5.86. The van der Waals surface area contributed by atoms with Crippen molar-refractivity contribution in [2.45, 2.75) is 32.8 Å². The summed E-state index contributed by atoms with van der Waals surface area (Å²) in [4.78, 5) is 14.9. The van der Waals surface area contributed by atoms with Crippen molar-refractivity contribution in [3.63, 3.8) is 0 Å². The molecule has 4 heteroatoms. The topological polar surface area (TPSA) is 59.4 Å². The molecule has 0 spiro atoms. The second-order valence-electron chi connectivity index (χ2n) is 4.98. The minimum atomic E-state index is -1.04. The first kappa shape index (κ1) is 15.0. The maximum Gasteiger partial charge on any atom is 0.354 e. The summed E-state index contributed by atoms with van der Waals surface area (Å²) in [6.07, 6.45) is 2.56. The summed E-state index contributed by atoms with van der Waals surface area (Å²) >= 11 is 0. The Labute approximate surface area is 124 Å². The average Bonchev–Trinajstić information content (AvgIpc) is 2.52. The third-order valence-corrected chi connectivity index (χ3v) is 3.55. The quantitative estimate of drug-likeness (QED) is 0.875. The molecular weight excluding hydrogens is 266 g/mol. The van der Waals surface area contributed by atoms with E-state index >= 15 is 0 Å². The van der Waals surface area contributed by atoms with Gasteiger partial charge in [0.25, 0.3) is 0 Å². The van der Waals surface area contributed by atoms with Crippen molar-refractivity contribution in [2.24, 2.45) is 0 Å². The fourth-order valence-corrected chi connectivity index (χ4v) is 2.04. The van der Waals surface area contributed by atoms with E-state index in [0.717, 1.165) is 12.2 Å². The summed E-state index contributed by atoms with van der Waals surface area (Å²) in [5, 5.41) is 9.07. The maximum atomic E-state index is 11.1. The molecule has 0 bridgehead atoms. The molecule has 0 amide bonds. The third-order valence-electron chi connectivity index (χ3n) is 3.55. The van der Waals surface area contributed by atoms with E-state index in [2.05, 4.69) is 18.8 Å². The smallest absolute Gasteiger partial charge is 0.354 e. The molecular formula is C17H19NO3. The molecule has 21 heavy (non-hydrogen) atoms. The maximum absolute atomic E-state index is 11.1. The Morgan fingerprint density at radius 1 is 1.29 bits per heavy atom. The van der Waals surface area contributed by atoms with Crippen LogP contribution >= 0.6 is 0 Å². The molecule has 1 aromatic heterocycles. The first-order chi connectivity index (χ1) is 10.1. The van der Waals surface area contributed by atoms with E-state index in [1.54, 1.807) is 12.1 Å². The number of pyridine rings is 1. The zero-order valence-corrected chi connectivity index (χ0v) is 12.2. The molecule has 0 aliphatic heterocycles. The van der Waals surface area contributed by atoms with Crippen LogP contribution in [0.3, 0.4) is 0 Å². The van der Waals surface area contributed by atoms with Crippen molar-refractivity contribution < 1.29 is 14.6 Å². The third kappa shape index (κ3) is 3.81. The van der Waals surface area contributed by atoms with Crippen molar-refractivity contribution in [2.75, 3.05) is 0 Å². The number of nitrogens with zero attached hydrogens (tertiary/aromatic N) is 1. The Morgan fingerprint density at radius 2 is 2.00 bits per heavy atom. The molecule has 0 aliphatic rings. The van der Waals surface area contributed by atoms with Gasteiger partial charge in [-0.3, -0.25) is 0 Å². The Hall–Kier alpha value is -2.36. The molecule has 1 N–H and O–H groups in total. The van der Waals surface area contributed by atoms with Gasteiger partial charge in [-0.2, -0.15) is 0 Å². The molecule has 4 nitrogen and oxygen atoms in total. The predicted octanol–water partition coefficient (Wildman–Crippen LogP) is 3.87. The monoisotopic (exact) mass is 285 g/mol. The molecule has 0 saturated carbocycles. The summed E-state index contributed by atoms with van der Waals surface area (Å²) in [7, 11) is 0. The van der Waals surface area contributed by atoms with E-state index in [1.165, 1.54) is 11.8 Å². The van der Waals surface area contributed by atoms with Crippen LogP contribution in [0.1, 0.15) is 47.8 Å². The van der Waals surface area contributed by atoms with E-state index in [9.17, 15) is 4.79 Å². The standard InChI is InChI=1S/C17H19NO3/c1-3-12(2)13-6-8-15(9-7-13)21-11-14-5-4-10-18-16(14)17(19)20/h4-10,12H,3,11H2,1-2H3,(H,19,20). The number of hydrogen-bond donors (Lipinski definition) is 1. The van der Waals surface area contributed by atoms with Crippen LogP contribution in [0.2, 0.25) is 0 Å². The molecule has 2 aromatic rings. The molecule has 1 heterocycles. The number of carboxylic acid groups (broad SMARTS) is 1. The molecule has 0 fully saturated rings. The van der Waals surface area contributed by atoms with E-state index < -0.39 is 5.97 Å². The van der Waals surface area contributed by atoms with Gasteiger partial charge in [0.15, 0.2) is 5.69 Å². The largest absolute Gasteiger partial charge is 0.489 e.